The second kappa shape index (κ2) is 7.33. The van der Waals surface area contributed by atoms with Gasteiger partial charge in [0.25, 0.3) is 0 Å². The number of sulfonamides is 1. The van der Waals surface area contributed by atoms with Crippen LogP contribution in [0.5, 0.6) is 0 Å². The third kappa shape index (κ3) is 4.83. The van der Waals surface area contributed by atoms with Crippen molar-refractivity contribution in [1.82, 2.24) is 4.72 Å². The van der Waals surface area contributed by atoms with Gasteiger partial charge in [-0.15, -0.1) is 0 Å². The number of rotatable bonds is 7. The van der Waals surface area contributed by atoms with Crippen molar-refractivity contribution in [2.24, 2.45) is 5.92 Å². The van der Waals surface area contributed by atoms with E-state index in [-0.39, 0.29) is 28.4 Å². The largest absolute Gasteiger partial charge is 0.396 e. The minimum absolute atomic E-state index is 0.00718. The minimum Gasteiger partial charge on any atom is -0.396 e. The number of benzene rings is 1. The summed E-state index contributed by atoms with van der Waals surface area (Å²) in [6.45, 7) is 2.21. The van der Waals surface area contributed by atoms with E-state index in [0.717, 1.165) is 18.6 Å². The van der Waals surface area contributed by atoms with Gasteiger partial charge in [-0.05, 0) is 46.5 Å². The van der Waals surface area contributed by atoms with Gasteiger partial charge < -0.3 is 5.11 Å². The summed E-state index contributed by atoms with van der Waals surface area (Å²) in [5.41, 5.74) is 0. The molecule has 0 saturated heterocycles. The summed E-state index contributed by atoms with van der Waals surface area (Å²) in [5, 5.41) is 8.86. The van der Waals surface area contributed by atoms with Crippen molar-refractivity contribution in [2.45, 2.75) is 24.7 Å². The van der Waals surface area contributed by atoms with E-state index in [4.69, 9.17) is 5.11 Å². The van der Waals surface area contributed by atoms with Crippen molar-refractivity contribution in [2.75, 3.05) is 13.2 Å². The van der Waals surface area contributed by atoms with Crippen LogP contribution in [-0.4, -0.2) is 26.7 Å². The molecule has 1 rings (SSSR count). The van der Waals surface area contributed by atoms with E-state index < -0.39 is 15.8 Å². The quantitative estimate of drug-likeness (QED) is 0.790. The van der Waals surface area contributed by atoms with Crippen LogP contribution in [0.1, 0.15) is 19.8 Å². The van der Waals surface area contributed by atoms with Gasteiger partial charge in [-0.1, -0.05) is 13.3 Å². The van der Waals surface area contributed by atoms with Crippen molar-refractivity contribution >= 4 is 26.0 Å². The van der Waals surface area contributed by atoms with Crippen molar-refractivity contribution in [3.63, 3.8) is 0 Å². The molecule has 0 heterocycles. The van der Waals surface area contributed by atoms with Crippen LogP contribution in [0.25, 0.3) is 0 Å². The van der Waals surface area contributed by atoms with Gasteiger partial charge in [-0.25, -0.2) is 17.5 Å². The van der Waals surface area contributed by atoms with Crippen LogP contribution in [0.3, 0.4) is 0 Å². The van der Waals surface area contributed by atoms with E-state index in [2.05, 4.69) is 20.7 Å². The number of nitrogens with one attached hydrogen (secondary N) is 1. The van der Waals surface area contributed by atoms with Crippen molar-refractivity contribution in [3.8, 4) is 0 Å². The van der Waals surface area contributed by atoms with Crippen LogP contribution in [0.15, 0.2) is 27.6 Å². The summed E-state index contributed by atoms with van der Waals surface area (Å²) in [4.78, 5) is 0.00718. The van der Waals surface area contributed by atoms with Crippen LogP contribution in [0.2, 0.25) is 0 Å². The molecule has 0 fully saturated rings. The van der Waals surface area contributed by atoms with Gasteiger partial charge in [0.1, 0.15) is 5.82 Å². The number of hydrogen-bond acceptors (Lipinski definition) is 3. The van der Waals surface area contributed by atoms with E-state index in [9.17, 15) is 12.8 Å². The van der Waals surface area contributed by atoms with Gasteiger partial charge in [-0.3, -0.25) is 0 Å². The molecule has 0 aliphatic rings. The van der Waals surface area contributed by atoms with Gasteiger partial charge in [0.15, 0.2) is 0 Å². The lowest BCUT2D eigenvalue weighted by Gasteiger charge is -2.15. The minimum atomic E-state index is -3.68. The van der Waals surface area contributed by atoms with Crippen LogP contribution >= 0.6 is 15.9 Å². The highest BCUT2D eigenvalue weighted by molar-refractivity contribution is 9.10. The Bertz CT molecular complexity index is 522. The van der Waals surface area contributed by atoms with E-state index in [1.54, 1.807) is 0 Å². The molecule has 0 amide bonds. The SMILES string of the molecule is CCC(CCO)CNS(=O)(=O)c1ccc(F)cc1Br. The lowest BCUT2D eigenvalue weighted by atomic mass is 10.0. The summed E-state index contributed by atoms with van der Waals surface area (Å²) in [6, 6.07) is 3.43. The third-order valence-electron chi connectivity index (χ3n) is 2.86. The smallest absolute Gasteiger partial charge is 0.241 e. The predicted octanol–water partition coefficient (Wildman–Crippen LogP) is 2.28. The lowest BCUT2D eigenvalue weighted by Crippen LogP contribution is -2.30. The van der Waals surface area contributed by atoms with Crippen molar-refractivity contribution < 1.29 is 17.9 Å². The van der Waals surface area contributed by atoms with Crippen molar-refractivity contribution in [3.05, 3.63) is 28.5 Å². The Labute approximate surface area is 121 Å². The first-order chi connectivity index (χ1) is 8.90. The van der Waals surface area contributed by atoms with Gasteiger partial charge in [-0.2, -0.15) is 0 Å². The Morgan fingerprint density at radius 2 is 2.16 bits per heavy atom. The summed E-state index contributed by atoms with van der Waals surface area (Å²) in [5.74, 6) is -0.420. The van der Waals surface area contributed by atoms with E-state index >= 15 is 0 Å². The number of halogens is 2. The maximum absolute atomic E-state index is 12.9. The zero-order valence-corrected chi connectivity index (χ0v) is 13.0. The second-order valence-corrected chi connectivity index (χ2v) is 6.80. The van der Waals surface area contributed by atoms with E-state index in [1.165, 1.54) is 6.07 Å². The molecule has 1 aromatic carbocycles. The molecule has 1 aromatic rings. The fourth-order valence-corrected chi connectivity index (χ4v) is 3.80. The molecule has 0 aliphatic carbocycles. The highest BCUT2D eigenvalue weighted by Crippen LogP contribution is 2.22. The topological polar surface area (TPSA) is 66.4 Å². The Kier molecular flexibility index (Phi) is 6.38. The summed E-state index contributed by atoms with van der Waals surface area (Å²) >= 11 is 3.04. The Morgan fingerprint density at radius 1 is 1.47 bits per heavy atom. The van der Waals surface area contributed by atoms with Crippen LogP contribution in [-0.2, 0) is 10.0 Å². The molecular formula is C12H17BrFNO3S. The Morgan fingerprint density at radius 3 is 2.68 bits per heavy atom. The molecule has 4 nitrogen and oxygen atoms in total. The molecule has 7 heteroatoms. The molecule has 0 aromatic heterocycles. The number of aliphatic hydroxyl groups excluding tert-OH is 1. The average molecular weight is 354 g/mol. The zero-order valence-electron chi connectivity index (χ0n) is 10.6. The lowest BCUT2D eigenvalue weighted by molar-refractivity contribution is 0.254. The summed E-state index contributed by atoms with van der Waals surface area (Å²) < 4.78 is 39.7. The molecule has 19 heavy (non-hydrogen) atoms. The third-order valence-corrected chi connectivity index (χ3v) is 5.26. The number of aliphatic hydroxyl groups is 1. The van der Waals surface area contributed by atoms with Crippen molar-refractivity contribution in [1.29, 1.82) is 0 Å². The molecule has 1 atom stereocenters. The normalized spacial score (nSPS) is 13.5. The van der Waals surface area contributed by atoms with Crippen LogP contribution in [0.4, 0.5) is 4.39 Å². The Hall–Kier alpha value is -0.500. The first-order valence-corrected chi connectivity index (χ1v) is 8.24. The fraction of sp³-hybridized carbons (Fsp3) is 0.500. The molecule has 0 spiro atoms. The van der Waals surface area contributed by atoms with Gasteiger partial charge in [0.05, 0.1) is 4.90 Å². The van der Waals surface area contributed by atoms with Gasteiger partial charge in [0.2, 0.25) is 10.0 Å². The molecule has 0 bridgehead atoms. The van der Waals surface area contributed by atoms with Crippen LogP contribution < -0.4 is 4.72 Å². The number of hydrogen-bond donors (Lipinski definition) is 2. The summed E-state index contributed by atoms with van der Waals surface area (Å²) in [6.07, 6.45) is 1.32. The van der Waals surface area contributed by atoms with Gasteiger partial charge >= 0.3 is 0 Å². The maximum atomic E-state index is 12.9. The second-order valence-electron chi connectivity index (χ2n) is 4.21. The monoisotopic (exact) mass is 353 g/mol. The Balaban J connectivity index is 2.81. The summed E-state index contributed by atoms with van der Waals surface area (Å²) in [7, 11) is -3.68. The van der Waals surface area contributed by atoms with E-state index in [1.807, 2.05) is 6.92 Å². The molecule has 2 N–H and O–H groups in total. The highest BCUT2D eigenvalue weighted by atomic mass is 79.9. The first kappa shape index (κ1) is 16.6. The molecule has 0 radical (unpaired) electrons. The zero-order chi connectivity index (χ0) is 14.5. The molecule has 108 valence electrons. The average Bonchev–Trinajstić information content (AvgIpc) is 2.34. The molecule has 0 saturated carbocycles. The molecular weight excluding hydrogens is 337 g/mol. The fourth-order valence-electron chi connectivity index (χ4n) is 1.63. The molecule has 0 aliphatic heterocycles. The first-order valence-electron chi connectivity index (χ1n) is 5.96. The predicted molar refractivity (Wildman–Crippen MR) is 74.8 cm³/mol. The van der Waals surface area contributed by atoms with Crippen LogP contribution in [0, 0.1) is 11.7 Å². The maximum Gasteiger partial charge on any atom is 0.241 e. The highest BCUT2D eigenvalue weighted by Gasteiger charge is 2.19. The van der Waals surface area contributed by atoms with Gasteiger partial charge in [0, 0.05) is 17.6 Å². The standard InChI is InChI=1S/C12H17BrFNO3S/c1-2-9(5-6-16)8-15-19(17,18)12-4-3-10(14)7-11(12)13/h3-4,7,9,15-16H,2,5-6,8H2,1H3. The molecule has 1 unspecified atom stereocenters. The van der Waals surface area contributed by atoms with E-state index in [0.29, 0.717) is 6.42 Å².